The van der Waals surface area contributed by atoms with Crippen LogP contribution in [0.15, 0.2) is 11.4 Å². The molecule has 1 aromatic rings. The zero-order valence-corrected chi connectivity index (χ0v) is 12.8. The number of nitrogens with two attached hydrogens (primary N) is 1. The molecule has 0 aliphatic carbocycles. The predicted molar refractivity (Wildman–Crippen MR) is 77.9 cm³/mol. The summed E-state index contributed by atoms with van der Waals surface area (Å²) in [5.74, 6) is 0.300. The molecule has 1 fully saturated rings. The Morgan fingerprint density at radius 1 is 1.50 bits per heavy atom. The Bertz CT molecular complexity index is 419. The molecule has 18 heavy (non-hydrogen) atoms. The first kappa shape index (κ1) is 13.9. The third kappa shape index (κ3) is 2.73. The Morgan fingerprint density at radius 3 is 2.89 bits per heavy atom. The molecular weight excluding hydrogens is 264 g/mol. The minimum Gasteiger partial charge on any atom is -0.349 e. The zero-order valence-electron chi connectivity index (χ0n) is 11.2. The van der Waals surface area contributed by atoms with Gasteiger partial charge in [0.2, 0.25) is 5.91 Å². The van der Waals surface area contributed by atoms with Crippen molar-refractivity contribution in [2.24, 2.45) is 0 Å². The number of hydrogen-bond acceptors (Lipinski definition) is 3. The average Bonchev–Trinajstić information content (AvgIpc) is 2.87. The summed E-state index contributed by atoms with van der Waals surface area (Å²) >= 11 is 3.56. The van der Waals surface area contributed by atoms with Gasteiger partial charge in [-0.2, -0.15) is 0 Å². The van der Waals surface area contributed by atoms with Gasteiger partial charge in [-0.1, -0.05) is 0 Å². The largest absolute Gasteiger partial charge is 0.349 e. The second-order valence-corrected chi connectivity index (χ2v) is 7.05. The Balaban J connectivity index is 2.12. The van der Waals surface area contributed by atoms with Crippen LogP contribution >= 0.6 is 23.1 Å². The molecule has 100 valence electrons. The Morgan fingerprint density at radius 2 is 2.28 bits per heavy atom. The van der Waals surface area contributed by atoms with Crippen molar-refractivity contribution in [3.63, 3.8) is 0 Å². The van der Waals surface area contributed by atoms with Crippen LogP contribution in [0.5, 0.6) is 0 Å². The molecule has 3 nitrogen and oxygen atoms in total. The van der Waals surface area contributed by atoms with Gasteiger partial charge in [0.25, 0.3) is 0 Å². The summed E-state index contributed by atoms with van der Waals surface area (Å²) < 4.78 is 0. The number of thiophene rings is 1. The molecule has 0 radical (unpaired) electrons. The second kappa shape index (κ2) is 6.08. The van der Waals surface area contributed by atoms with E-state index in [0.717, 1.165) is 19.5 Å². The van der Waals surface area contributed by atoms with Gasteiger partial charge in [-0.05, 0) is 30.9 Å². The third-order valence-corrected chi connectivity index (χ3v) is 5.84. The van der Waals surface area contributed by atoms with Gasteiger partial charge in [0.15, 0.2) is 0 Å². The van der Waals surface area contributed by atoms with E-state index in [4.69, 9.17) is 0 Å². The molecule has 0 unspecified atom stereocenters. The van der Waals surface area contributed by atoms with E-state index in [0.29, 0.717) is 5.91 Å². The lowest BCUT2D eigenvalue weighted by molar-refractivity contribution is -0.627. The number of quaternary nitrogens is 1. The highest BCUT2D eigenvalue weighted by Gasteiger charge is 2.39. The van der Waals surface area contributed by atoms with Crippen LogP contribution in [-0.4, -0.2) is 36.2 Å². The Labute approximate surface area is 117 Å². The first-order valence-electron chi connectivity index (χ1n) is 6.43. The molecular formula is C13H21N2OS2+. The maximum absolute atomic E-state index is 12.2. The Kier molecular flexibility index (Phi) is 4.70. The molecule has 1 aliphatic heterocycles. The van der Waals surface area contributed by atoms with Gasteiger partial charge in [0.1, 0.15) is 5.37 Å². The lowest BCUT2D eigenvalue weighted by atomic mass is 10.2. The number of carbonyl (C=O) groups excluding carboxylic acids is 1. The number of carbonyl (C=O) groups is 1. The summed E-state index contributed by atoms with van der Waals surface area (Å²) in [5, 5.41) is 4.63. The zero-order chi connectivity index (χ0) is 13.1. The lowest BCUT2D eigenvalue weighted by Crippen LogP contribution is -2.79. The van der Waals surface area contributed by atoms with E-state index in [1.807, 2.05) is 6.92 Å². The molecule has 0 bridgehead atoms. The van der Waals surface area contributed by atoms with Crippen LogP contribution in [0, 0.1) is 6.92 Å². The molecule has 1 saturated heterocycles. The van der Waals surface area contributed by atoms with Gasteiger partial charge in [-0.25, -0.2) is 0 Å². The predicted octanol–water partition coefficient (Wildman–Crippen LogP) is 1.60. The molecule has 5 heteroatoms. The molecule has 0 aromatic carbocycles. The summed E-state index contributed by atoms with van der Waals surface area (Å²) in [6.07, 6.45) is 1.07. The van der Waals surface area contributed by atoms with Crippen molar-refractivity contribution < 1.29 is 10.1 Å². The summed E-state index contributed by atoms with van der Waals surface area (Å²) in [6, 6.07) is 2.14. The molecule has 1 amide bonds. The third-order valence-electron chi connectivity index (χ3n) is 3.26. The van der Waals surface area contributed by atoms with Crippen LogP contribution in [0.1, 0.15) is 29.2 Å². The molecule has 0 spiro atoms. The van der Waals surface area contributed by atoms with Crippen molar-refractivity contribution in [2.45, 2.75) is 30.9 Å². The molecule has 2 atom stereocenters. The highest BCUT2D eigenvalue weighted by molar-refractivity contribution is 8.01. The fourth-order valence-corrected chi connectivity index (χ4v) is 4.76. The Hall–Kier alpha value is -0.520. The molecule has 2 rings (SSSR count). The van der Waals surface area contributed by atoms with Gasteiger partial charge in [-0.3, -0.25) is 4.79 Å². The summed E-state index contributed by atoms with van der Waals surface area (Å²) in [7, 11) is 2.07. The topological polar surface area (TPSA) is 36.9 Å². The highest BCUT2D eigenvalue weighted by Crippen LogP contribution is 2.45. The quantitative estimate of drug-likeness (QED) is 0.834. The van der Waals surface area contributed by atoms with E-state index in [9.17, 15) is 4.79 Å². The normalized spacial score (nSPS) is 23.9. The monoisotopic (exact) mass is 285 g/mol. The smallest absolute Gasteiger partial charge is 0.236 e. The maximum Gasteiger partial charge on any atom is 0.236 e. The molecule has 1 aromatic heterocycles. The first-order valence-corrected chi connectivity index (χ1v) is 8.25. The van der Waals surface area contributed by atoms with Gasteiger partial charge in [-0.15, -0.1) is 23.1 Å². The van der Waals surface area contributed by atoms with Crippen LogP contribution in [-0.2, 0) is 4.79 Å². The van der Waals surface area contributed by atoms with E-state index in [1.54, 1.807) is 23.1 Å². The number of aryl methyl sites for hydroxylation is 1. The SMILES string of the molecule is C[NH2+]CCCN1C(=O)[C@@H](C)S[C@H]1c1sccc1C. The van der Waals surface area contributed by atoms with Crippen LogP contribution < -0.4 is 5.32 Å². The van der Waals surface area contributed by atoms with E-state index in [2.05, 4.69) is 35.6 Å². The molecule has 0 saturated carbocycles. The maximum atomic E-state index is 12.2. The van der Waals surface area contributed by atoms with Crippen molar-refractivity contribution in [3.05, 3.63) is 21.9 Å². The molecule has 1 aliphatic rings. The van der Waals surface area contributed by atoms with Gasteiger partial charge >= 0.3 is 0 Å². The van der Waals surface area contributed by atoms with Crippen molar-refractivity contribution in [1.82, 2.24) is 4.90 Å². The van der Waals surface area contributed by atoms with E-state index in [1.165, 1.54) is 10.4 Å². The minimum absolute atomic E-state index is 0.0992. The fourth-order valence-electron chi connectivity index (χ4n) is 2.21. The van der Waals surface area contributed by atoms with Crippen molar-refractivity contribution in [2.75, 3.05) is 20.1 Å². The van der Waals surface area contributed by atoms with Crippen LogP contribution in [0.2, 0.25) is 0 Å². The second-order valence-electron chi connectivity index (χ2n) is 4.68. The van der Waals surface area contributed by atoms with E-state index in [-0.39, 0.29) is 10.6 Å². The number of rotatable bonds is 5. The van der Waals surface area contributed by atoms with Crippen LogP contribution in [0.3, 0.4) is 0 Å². The summed E-state index contributed by atoms with van der Waals surface area (Å²) in [5.41, 5.74) is 1.31. The fraction of sp³-hybridized carbons (Fsp3) is 0.615. The van der Waals surface area contributed by atoms with Gasteiger partial charge in [0.05, 0.1) is 18.8 Å². The van der Waals surface area contributed by atoms with Crippen molar-refractivity contribution >= 4 is 29.0 Å². The molecule has 2 N–H and O–H groups in total. The number of hydrogen-bond donors (Lipinski definition) is 1. The standard InChI is InChI=1S/C13H20N2OS2/c1-9-5-8-17-11(9)13-15(7-4-6-14-3)12(16)10(2)18-13/h5,8,10,13-14H,4,6-7H2,1-3H3/p+1/t10-,13+/m1/s1. The number of amides is 1. The first-order chi connectivity index (χ1) is 8.65. The van der Waals surface area contributed by atoms with Crippen LogP contribution in [0.4, 0.5) is 0 Å². The van der Waals surface area contributed by atoms with Gasteiger partial charge < -0.3 is 10.2 Å². The van der Waals surface area contributed by atoms with Crippen molar-refractivity contribution in [3.8, 4) is 0 Å². The lowest BCUT2D eigenvalue weighted by Gasteiger charge is -2.23. The van der Waals surface area contributed by atoms with E-state index >= 15 is 0 Å². The number of thioether (sulfide) groups is 1. The van der Waals surface area contributed by atoms with Crippen LogP contribution in [0.25, 0.3) is 0 Å². The summed E-state index contributed by atoms with van der Waals surface area (Å²) in [6.45, 7) is 6.12. The molecule has 2 heterocycles. The summed E-state index contributed by atoms with van der Waals surface area (Å²) in [4.78, 5) is 15.6. The number of nitrogens with zero attached hydrogens (tertiary/aromatic N) is 1. The highest BCUT2D eigenvalue weighted by atomic mass is 32.2. The van der Waals surface area contributed by atoms with Crippen molar-refractivity contribution in [1.29, 1.82) is 0 Å². The van der Waals surface area contributed by atoms with Gasteiger partial charge in [0, 0.05) is 17.8 Å². The van der Waals surface area contributed by atoms with E-state index < -0.39 is 0 Å². The minimum atomic E-state index is 0.0992. The average molecular weight is 285 g/mol.